The van der Waals surface area contributed by atoms with Crippen LogP contribution in [0, 0.1) is 6.92 Å². The lowest BCUT2D eigenvalue weighted by Gasteiger charge is -2.22. The van der Waals surface area contributed by atoms with Crippen LogP contribution < -0.4 is 9.62 Å². The molecule has 2 aromatic rings. The van der Waals surface area contributed by atoms with Gasteiger partial charge in [0, 0.05) is 13.5 Å². The van der Waals surface area contributed by atoms with Crippen LogP contribution in [0.2, 0.25) is 10.0 Å². The maximum atomic E-state index is 13.0. The molecule has 0 radical (unpaired) electrons. The number of nitrogens with one attached hydrogen (secondary N) is 1. The highest BCUT2D eigenvalue weighted by Crippen LogP contribution is 2.33. The minimum absolute atomic E-state index is 0.0613. The molecule has 1 atom stereocenters. The molecule has 0 aliphatic heterocycles. The van der Waals surface area contributed by atoms with Gasteiger partial charge in [-0.1, -0.05) is 40.9 Å². The van der Waals surface area contributed by atoms with Crippen LogP contribution in [-0.2, 0) is 29.1 Å². The van der Waals surface area contributed by atoms with Gasteiger partial charge >= 0.3 is 11.9 Å². The van der Waals surface area contributed by atoms with E-state index >= 15 is 0 Å². The number of hydrogen-bond donors (Lipinski definition) is 1. The molecule has 196 valence electrons. The van der Waals surface area contributed by atoms with Gasteiger partial charge in [0.05, 0.1) is 39.4 Å². The van der Waals surface area contributed by atoms with Crippen molar-refractivity contribution in [1.29, 1.82) is 0 Å². The van der Waals surface area contributed by atoms with E-state index in [-0.39, 0.29) is 52.2 Å². The first-order valence-electron chi connectivity index (χ1n) is 11.1. The second-order valence-electron chi connectivity index (χ2n) is 7.69. The number of carbonyl (C=O) groups excluding carboxylic acids is 3. The number of amides is 1. The van der Waals surface area contributed by atoms with Crippen molar-refractivity contribution in [2.24, 2.45) is 0 Å². The number of benzene rings is 2. The molecule has 2 rings (SSSR count). The summed E-state index contributed by atoms with van der Waals surface area (Å²) >= 11 is 12.7. The summed E-state index contributed by atoms with van der Waals surface area (Å²) in [6.45, 7) is 5.35. The van der Waals surface area contributed by atoms with Crippen LogP contribution in [0.3, 0.4) is 0 Å². The van der Waals surface area contributed by atoms with Crippen molar-refractivity contribution in [3.63, 3.8) is 0 Å². The van der Waals surface area contributed by atoms with Crippen molar-refractivity contribution in [2.75, 3.05) is 24.6 Å². The van der Waals surface area contributed by atoms with Crippen molar-refractivity contribution < 1.29 is 32.3 Å². The first-order chi connectivity index (χ1) is 16.9. The Morgan fingerprint density at radius 2 is 1.56 bits per heavy atom. The predicted molar refractivity (Wildman–Crippen MR) is 137 cm³/mol. The van der Waals surface area contributed by atoms with E-state index in [1.54, 1.807) is 26.0 Å². The molecule has 0 aliphatic rings. The lowest BCUT2D eigenvalue weighted by atomic mass is 10.1. The molecular weight excluding hydrogens is 531 g/mol. The second-order valence-corrected chi connectivity index (χ2v) is 10.5. The molecule has 9 nitrogen and oxygen atoms in total. The van der Waals surface area contributed by atoms with E-state index in [9.17, 15) is 22.8 Å². The highest BCUT2D eigenvalue weighted by atomic mass is 35.5. The van der Waals surface area contributed by atoms with E-state index in [0.717, 1.165) is 9.87 Å². The van der Waals surface area contributed by atoms with Gasteiger partial charge in [0.2, 0.25) is 0 Å². The van der Waals surface area contributed by atoms with Crippen LogP contribution in [0.5, 0.6) is 0 Å². The smallest absolute Gasteiger partial charge is 0.328 e. The molecule has 0 saturated carbocycles. The van der Waals surface area contributed by atoms with Crippen LogP contribution >= 0.6 is 23.2 Å². The molecule has 0 heterocycles. The zero-order valence-corrected chi connectivity index (χ0v) is 22.7. The largest absolute Gasteiger partial charge is 0.466 e. The minimum Gasteiger partial charge on any atom is -0.466 e. The molecule has 0 spiro atoms. The van der Waals surface area contributed by atoms with Gasteiger partial charge in [-0.3, -0.25) is 13.9 Å². The maximum Gasteiger partial charge on any atom is 0.328 e. The molecular formula is C24H28Cl2N2O7S. The average molecular weight is 559 g/mol. The molecule has 1 unspecified atom stereocenters. The molecule has 0 saturated heterocycles. The van der Waals surface area contributed by atoms with E-state index in [1.165, 1.54) is 31.3 Å². The summed E-state index contributed by atoms with van der Waals surface area (Å²) in [5.74, 6) is -2.05. The van der Waals surface area contributed by atoms with E-state index in [2.05, 4.69) is 5.32 Å². The van der Waals surface area contributed by atoms with Crippen molar-refractivity contribution >= 4 is 56.8 Å². The quantitative estimate of drug-likeness (QED) is 0.411. The number of hydrogen-bond acceptors (Lipinski definition) is 7. The number of ether oxygens (including phenoxy) is 2. The first kappa shape index (κ1) is 29.4. The molecule has 1 N–H and O–H groups in total. The van der Waals surface area contributed by atoms with Gasteiger partial charge in [-0.15, -0.1) is 0 Å². The van der Waals surface area contributed by atoms with Crippen LogP contribution in [0.1, 0.15) is 42.6 Å². The number of carbonyl (C=O) groups is 3. The van der Waals surface area contributed by atoms with E-state index < -0.39 is 33.9 Å². The van der Waals surface area contributed by atoms with Gasteiger partial charge in [0.1, 0.15) is 6.04 Å². The Bertz CT molecular complexity index is 1190. The number of aryl methyl sites for hydroxylation is 1. The van der Waals surface area contributed by atoms with Gasteiger partial charge in [0.15, 0.2) is 0 Å². The fourth-order valence-electron chi connectivity index (χ4n) is 3.18. The van der Waals surface area contributed by atoms with Gasteiger partial charge < -0.3 is 14.8 Å². The third-order valence-electron chi connectivity index (χ3n) is 5.12. The maximum absolute atomic E-state index is 13.0. The number of rotatable bonds is 11. The Balaban J connectivity index is 2.29. The fraction of sp³-hybridized carbons (Fsp3) is 0.375. The fourth-order valence-corrected chi connectivity index (χ4v) is 5.01. The molecule has 0 fully saturated rings. The number of halogens is 2. The summed E-state index contributed by atoms with van der Waals surface area (Å²) in [7, 11) is -2.59. The first-order valence-corrected chi connectivity index (χ1v) is 13.3. The van der Waals surface area contributed by atoms with E-state index in [1.807, 2.05) is 6.92 Å². The molecule has 36 heavy (non-hydrogen) atoms. The normalized spacial score (nSPS) is 11.9. The summed E-state index contributed by atoms with van der Waals surface area (Å²) < 4.78 is 36.9. The van der Waals surface area contributed by atoms with Gasteiger partial charge in [-0.25, -0.2) is 13.2 Å². The molecule has 12 heteroatoms. The van der Waals surface area contributed by atoms with Crippen LogP contribution in [0.15, 0.2) is 41.3 Å². The molecule has 2 aromatic carbocycles. The molecule has 0 aliphatic carbocycles. The summed E-state index contributed by atoms with van der Waals surface area (Å²) in [4.78, 5) is 37.1. The van der Waals surface area contributed by atoms with Crippen LogP contribution in [0.4, 0.5) is 5.69 Å². The molecule has 1 amide bonds. The SMILES string of the molecule is CCOC(=O)CCC(NC(=O)c1c(Cl)cc(N(C)S(=O)(=O)c2ccc(C)cc2)cc1Cl)C(=O)OCC. The van der Waals surface area contributed by atoms with Crippen molar-refractivity contribution in [3.8, 4) is 0 Å². The highest BCUT2D eigenvalue weighted by molar-refractivity contribution is 7.92. The van der Waals surface area contributed by atoms with Gasteiger partial charge in [-0.2, -0.15) is 0 Å². The number of esters is 2. The Morgan fingerprint density at radius 1 is 1.00 bits per heavy atom. The van der Waals surface area contributed by atoms with Gasteiger partial charge in [0.25, 0.3) is 15.9 Å². The van der Waals surface area contributed by atoms with Crippen molar-refractivity contribution in [1.82, 2.24) is 5.32 Å². The second kappa shape index (κ2) is 12.9. The third kappa shape index (κ3) is 7.35. The van der Waals surface area contributed by atoms with Crippen molar-refractivity contribution in [2.45, 2.75) is 44.6 Å². The zero-order valence-electron chi connectivity index (χ0n) is 20.3. The highest BCUT2D eigenvalue weighted by Gasteiger charge is 2.28. The summed E-state index contributed by atoms with van der Waals surface area (Å²) in [5, 5.41) is 2.22. The third-order valence-corrected chi connectivity index (χ3v) is 7.51. The van der Waals surface area contributed by atoms with Crippen LogP contribution in [0.25, 0.3) is 0 Å². The zero-order chi connectivity index (χ0) is 27.0. The Kier molecular flexibility index (Phi) is 10.6. The van der Waals surface area contributed by atoms with Crippen LogP contribution in [-0.4, -0.2) is 52.6 Å². The summed E-state index contributed by atoms with van der Waals surface area (Å²) in [5.41, 5.74) is 0.876. The molecule has 0 aromatic heterocycles. The average Bonchev–Trinajstić information content (AvgIpc) is 2.81. The van der Waals surface area contributed by atoms with E-state index in [0.29, 0.717) is 0 Å². The Morgan fingerprint density at radius 3 is 2.08 bits per heavy atom. The lowest BCUT2D eigenvalue weighted by molar-refractivity contribution is -0.146. The van der Waals surface area contributed by atoms with Gasteiger partial charge in [-0.05, 0) is 51.5 Å². The topological polar surface area (TPSA) is 119 Å². The number of anilines is 1. The standard InChI is InChI=1S/C24H28Cl2N2O7S/c1-5-34-21(29)12-11-20(24(31)35-6-2)27-23(30)22-18(25)13-16(14-19(22)26)28(4)36(32,33)17-9-7-15(3)8-10-17/h7-10,13-14,20H,5-6,11-12H2,1-4H3,(H,27,30). The minimum atomic E-state index is -3.92. The monoisotopic (exact) mass is 558 g/mol. The number of nitrogens with zero attached hydrogens (tertiary/aromatic N) is 1. The van der Waals surface area contributed by atoms with Crippen molar-refractivity contribution in [3.05, 3.63) is 57.6 Å². The predicted octanol–water partition coefficient (Wildman–Crippen LogP) is 4.13. The Labute approximate surface area is 220 Å². The summed E-state index contributed by atoms with van der Waals surface area (Å²) in [6, 6.07) is 7.73. The lowest BCUT2D eigenvalue weighted by Crippen LogP contribution is -2.42. The van der Waals surface area contributed by atoms with E-state index in [4.69, 9.17) is 32.7 Å². The number of sulfonamides is 1. The summed E-state index contributed by atoms with van der Waals surface area (Å²) in [6.07, 6.45) is -0.187. The molecule has 0 bridgehead atoms. The Hall–Kier alpha value is -2.82.